The molecule has 18 heavy (non-hydrogen) atoms. The average molecular weight is 263 g/mol. The Kier molecular flexibility index (Phi) is 4.52. The van der Waals surface area contributed by atoms with Crippen molar-refractivity contribution in [2.45, 2.75) is 26.8 Å². The van der Waals surface area contributed by atoms with Crippen molar-refractivity contribution < 1.29 is 4.74 Å². The molecule has 0 atom stereocenters. The van der Waals surface area contributed by atoms with Crippen molar-refractivity contribution in [1.29, 1.82) is 0 Å². The standard InChI is InChI=1S/C13H17N3OS/c1-3-8-17-12-6-4-11(5-7-12)9-14-13-15-10(2)16-18-13/h4-7H,3,8-9H2,1-2H3,(H,14,15,16). The highest BCUT2D eigenvalue weighted by Crippen LogP contribution is 2.15. The van der Waals surface area contributed by atoms with Gasteiger partial charge in [-0.3, -0.25) is 0 Å². The molecule has 96 valence electrons. The average Bonchev–Trinajstić information content (AvgIpc) is 2.81. The van der Waals surface area contributed by atoms with E-state index in [-0.39, 0.29) is 0 Å². The Balaban J connectivity index is 1.86. The van der Waals surface area contributed by atoms with Gasteiger partial charge in [0.15, 0.2) is 0 Å². The van der Waals surface area contributed by atoms with Gasteiger partial charge < -0.3 is 10.1 Å². The van der Waals surface area contributed by atoms with E-state index < -0.39 is 0 Å². The van der Waals surface area contributed by atoms with Crippen LogP contribution >= 0.6 is 11.5 Å². The fourth-order valence-corrected chi connectivity index (χ4v) is 2.04. The van der Waals surface area contributed by atoms with Gasteiger partial charge in [-0.1, -0.05) is 19.1 Å². The van der Waals surface area contributed by atoms with Crippen molar-refractivity contribution in [3.05, 3.63) is 35.7 Å². The molecular weight excluding hydrogens is 246 g/mol. The van der Waals surface area contributed by atoms with Gasteiger partial charge in [0.25, 0.3) is 0 Å². The first-order valence-electron chi connectivity index (χ1n) is 6.04. The molecule has 0 aliphatic heterocycles. The van der Waals surface area contributed by atoms with E-state index in [0.717, 1.165) is 36.3 Å². The Labute approximate surface area is 111 Å². The van der Waals surface area contributed by atoms with Crippen molar-refractivity contribution in [2.75, 3.05) is 11.9 Å². The molecule has 4 nitrogen and oxygen atoms in total. The van der Waals surface area contributed by atoms with Crippen LogP contribution in [0.4, 0.5) is 5.13 Å². The maximum absolute atomic E-state index is 5.54. The summed E-state index contributed by atoms with van der Waals surface area (Å²) >= 11 is 1.39. The summed E-state index contributed by atoms with van der Waals surface area (Å²) < 4.78 is 9.66. The smallest absolute Gasteiger partial charge is 0.202 e. The van der Waals surface area contributed by atoms with E-state index in [1.165, 1.54) is 17.1 Å². The van der Waals surface area contributed by atoms with Gasteiger partial charge >= 0.3 is 0 Å². The number of anilines is 1. The van der Waals surface area contributed by atoms with Crippen LogP contribution in [0, 0.1) is 6.92 Å². The number of benzene rings is 1. The monoisotopic (exact) mass is 263 g/mol. The molecule has 0 radical (unpaired) electrons. The van der Waals surface area contributed by atoms with Gasteiger partial charge in [-0.05, 0) is 31.0 Å². The fourth-order valence-electron chi connectivity index (χ4n) is 1.47. The highest BCUT2D eigenvalue weighted by molar-refractivity contribution is 7.09. The second-order valence-corrected chi connectivity index (χ2v) is 4.74. The molecule has 0 bridgehead atoms. The third-order valence-electron chi connectivity index (χ3n) is 2.37. The Morgan fingerprint density at radius 1 is 1.28 bits per heavy atom. The molecule has 0 fully saturated rings. The number of hydrogen-bond acceptors (Lipinski definition) is 5. The van der Waals surface area contributed by atoms with Crippen molar-refractivity contribution >= 4 is 16.7 Å². The predicted molar refractivity (Wildman–Crippen MR) is 74.2 cm³/mol. The summed E-state index contributed by atoms with van der Waals surface area (Å²) in [6.07, 6.45) is 1.03. The van der Waals surface area contributed by atoms with E-state index in [4.69, 9.17) is 4.74 Å². The minimum Gasteiger partial charge on any atom is -0.494 e. The van der Waals surface area contributed by atoms with E-state index in [2.05, 4.69) is 33.7 Å². The molecule has 1 N–H and O–H groups in total. The summed E-state index contributed by atoms with van der Waals surface area (Å²) in [6, 6.07) is 8.12. The lowest BCUT2D eigenvalue weighted by atomic mass is 10.2. The van der Waals surface area contributed by atoms with Crippen LogP contribution in [0.15, 0.2) is 24.3 Å². The van der Waals surface area contributed by atoms with Gasteiger partial charge in [0.05, 0.1) is 6.61 Å². The van der Waals surface area contributed by atoms with Gasteiger partial charge in [-0.2, -0.15) is 4.37 Å². The van der Waals surface area contributed by atoms with Crippen molar-refractivity contribution in [1.82, 2.24) is 9.36 Å². The third-order valence-corrected chi connectivity index (χ3v) is 3.13. The van der Waals surface area contributed by atoms with Crippen LogP contribution in [0.2, 0.25) is 0 Å². The molecule has 0 saturated carbocycles. The van der Waals surface area contributed by atoms with E-state index in [0.29, 0.717) is 0 Å². The van der Waals surface area contributed by atoms with Crippen LogP contribution in [-0.4, -0.2) is 16.0 Å². The van der Waals surface area contributed by atoms with Gasteiger partial charge in [-0.15, -0.1) is 0 Å². The first-order valence-corrected chi connectivity index (χ1v) is 6.81. The molecule has 0 unspecified atom stereocenters. The van der Waals surface area contributed by atoms with Crippen molar-refractivity contribution in [3.63, 3.8) is 0 Å². The van der Waals surface area contributed by atoms with Crippen LogP contribution in [0.1, 0.15) is 24.7 Å². The van der Waals surface area contributed by atoms with Gasteiger partial charge in [0.1, 0.15) is 11.6 Å². The minimum atomic E-state index is 0.753. The zero-order valence-corrected chi connectivity index (χ0v) is 11.5. The number of aromatic nitrogens is 2. The van der Waals surface area contributed by atoms with Crippen molar-refractivity contribution in [3.8, 4) is 5.75 Å². The maximum Gasteiger partial charge on any atom is 0.202 e. The second kappa shape index (κ2) is 6.35. The van der Waals surface area contributed by atoms with E-state index in [9.17, 15) is 0 Å². The normalized spacial score (nSPS) is 10.3. The Morgan fingerprint density at radius 2 is 2.06 bits per heavy atom. The van der Waals surface area contributed by atoms with Crippen LogP contribution in [0.25, 0.3) is 0 Å². The molecule has 0 saturated heterocycles. The second-order valence-electron chi connectivity index (χ2n) is 3.99. The Hall–Kier alpha value is -1.62. The maximum atomic E-state index is 5.54. The Morgan fingerprint density at radius 3 is 2.67 bits per heavy atom. The summed E-state index contributed by atoms with van der Waals surface area (Å²) in [5.74, 6) is 1.73. The topological polar surface area (TPSA) is 47.0 Å². The molecule has 0 aliphatic rings. The van der Waals surface area contributed by atoms with Crippen LogP contribution in [-0.2, 0) is 6.54 Å². The van der Waals surface area contributed by atoms with E-state index >= 15 is 0 Å². The number of hydrogen-bond donors (Lipinski definition) is 1. The quantitative estimate of drug-likeness (QED) is 0.869. The molecule has 1 aromatic carbocycles. The molecule has 0 aliphatic carbocycles. The number of aryl methyl sites for hydroxylation is 1. The molecule has 0 amide bonds. The van der Waals surface area contributed by atoms with Crippen LogP contribution in [0.5, 0.6) is 5.75 Å². The Bertz CT molecular complexity index is 481. The van der Waals surface area contributed by atoms with Gasteiger partial charge in [0, 0.05) is 18.1 Å². The van der Waals surface area contributed by atoms with Crippen molar-refractivity contribution in [2.24, 2.45) is 0 Å². The third kappa shape index (κ3) is 3.70. The number of nitrogens with zero attached hydrogens (tertiary/aromatic N) is 2. The molecule has 2 aromatic rings. The summed E-state index contributed by atoms with van der Waals surface area (Å²) in [4.78, 5) is 4.26. The zero-order chi connectivity index (χ0) is 12.8. The van der Waals surface area contributed by atoms with Crippen LogP contribution in [0.3, 0.4) is 0 Å². The molecule has 1 heterocycles. The largest absolute Gasteiger partial charge is 0.494 e. The lowest BCUT2D eigenvalue weighted by Crippen LogP contribution is -1.99. The first kappa shape index (κ1) is 12.8. The van der Waals surface area contributed by atoms with Crippen LogP contribution < -0.4 is 10.1 Å². The molecular formula is C13H17N3OS. The first-order chi connectivity index (χ1) is 8.78. The summed E-state index contributed by atoms with van der Waals surface area (Å²) in [5.41, 5.74) is 1.20. The summed E-state index contributed by atoms with van der Waals surface area (Å²) in [5, 5.41) is 4.11. The van der Waals surface area contributed by atoms with E-state index in [1.54, 1.807) is 0 Å². The van der Waals surface area contributed by atoms with Gasteiger partial charge in [0.2, 0.25) is 5.13 Å². The zero-order valence-electron chi connectivity index (χ0n) is 10.6. The highest BCUT2D eigenvalue weighted by atomic mass is 32.1. The fraction of sp³-hybridized carbons (Fsp3) is 0.385. The molecule has 2 rings (SSSR count). The SMILES string of the molecule is CCCOc1ccc(CNc2nc(C)ns2)cc1. The predicted octanol–water partition coefficient (Wildman–Crippen LogP) is 3.25. The highest BCUT2D eigenvalue weighted by Gasteiger charge is 2.00. The lowest BCUT2D eigenvalue weighted by molar-refractivity contribution is 0.317. The molecule has 5 heteroatoms. The van der Waals surface area contributed by atoms with E-state index in [1.807, 2.05) is 19.1 Å². The number of nitrogens with one attached hydrogen (secondary N) is 1. The lowest BCUT2D eigenvalue weighted by Gasteiger charge is -2.06. The molecule has 1 aromatic heterocycles. The summed E-state index contributed by atoms with van der Waals surface area (Å²) in [6.45, 7) is 5.51. The number of ether oxygens (including phenoxy) is 1. The molecule has 0 spiro atoms. The minimum absolute atomic E-state index is 0.753. The van der Waals surface area contributed by atoms with Gasteiger partial charge in [-0.25, -0.2) is 4.98 Å². The number of rotatable bonds is 6. The summed E-state index contributed by atoms with van der Waals surface area (Å²) in [7, 11) is 0.